The van der Waals surface area contributed by atoms with Crippen molar-refractivity contribution in [2.75, 3.05) is 84.7 Å². The molecule has 30 heteroatoms. The van der Waals surface area contributed by atoms with Crippen LogP contribution in [0.25, 0.3) is 12.2 Å². The van der Waals surface area contributed by atoms with Crippen LogP contribution in [-0.4, -0.2) is 121 Å². The van der Waals surface area contributed by atoms with E-state index in [4.69, 9.17) is 9.47 Å². The SMILES string of the molecule is COCCNc1nc(Nc2ccc(/C=C/c3ccc(Nc4nc(NCCOC)nc(N(CC(=O)[O-])c5ccccc5)n4)cc3S(=O)(=O)[O-])c(S(=O)(=O)[O-])c2)nc(N(CC(=O)[O-])c2ccccc2)n1.[Na+].[Na+].[Na+].[Na+]. The molecule has 0 aliphatic carbocycles. The van der Waals surface area contributed by atoms with Gasteiger partial charge in [0.15, 0.2) is 0 Å². The van der Waals surface area contributed by atoms with Crippen molar-refractivity contribution in [3.05, 3.63) is 108 Å². The van der Waals surface area contributed by atoms with Gasteiger partial charge in [0.1, 0.15) is 20.2 Å². The van der Waals surface area contributed by atoms with Crippen molar-refractivity contribution in [2.24, 2.45) is 0 Å². The van der Waals surface area contributed by atoms with Gasteiger partial charge < -0.3 is 69.4 Å². The first-order valence-corrected chi connectivity index (χ1v) is 22.8. The Kier molecular flexibility index (Phi) is 27.2. The second-order valence-corrected chi connectivity index (χ2v) is 16.7. The summed E-state index contributed by atoms with van der Waals surface area (Å²) in [7, 11) is -7.51. The van der Waals surface area contributed by atoms with Gasteiger partial charge in [-0.25, -0.2) is 16.8 Å². The minimum Gasteiger partial charge on any atom is -0.744 e. The average molecular weight is 1060 g/mol. The van der Waals surface area contributed by atoms with Gasteiger partial charge in [-0.05, 0) is 59.7 Å². The fourth-order valence-electron chi connectivity index (χ4n) is 6.17. The van der Waals surface area contributed by atoms with Gasteiger partial charge in [-0.1, -0.05) is 60.7 Å². The number of rotatable bonds is 24. The number of hydrogen-bond donors (Lipinski definition) is 4. The normalized spacial score (nSPS) is 10.9. The first-order valence-electron chi connectivity index (χ1n) is 20.0. The Bertz CT molecular complexity index is 2810. The molecule has 4 N–H and O–H groups in total. The summed E-state index contributed by atoms with van der Waals surface area (Å²) in [6.45, 7) is -0.360. The molecule has 356 valence electrons. The predicted molar refractivity (Wildman–Crippen MR) is 242 cm³/mol. The summed E-state index contributed by atoms with van der Waals surface area (Å²) < 4.78 is 86.1. The Morgan fingerprint density at radius 2 is 0.889 bits per heavy atom. The molecule has 4 aromatic carbocycles. The minimum atomic E-state index is -5.23. The van der Waals surface area contributed by atoms with Gasteiger partial charge in [-0.3, -0.25) is 0 Å². The summed E-state index contributed by atoms with van der Waals surface area (Å²) >= 11 is 0. The van der Waals surface area contributed by atoms with E-state index in [0.717, 1.165) is 24.3 Å². The summed E-state index contributed by atoms with van der Waals surface area (Å²) in [4.78, 5) is 50.5. The molecule has 0 unspecified atom stereocenters. The third-order valence-electron chi connectivity index (χ3n) is 9.14. The molecule has 72 heavy (non-hydrogen) atoms. The molecular formula is C42H40N12Na4O12S2. The molecular weight excluding hydrogens is 1020 g/mol. The molecule has 0 saturated carbocycles. The number of carboxylic acids is 2. The van der Waals surface area contributed by atoms with Gasteiger partial charge >= 0.3 is 118 Å². The number of nitrogens with one attached hydrogen (secondary N) is 4. The number of hydrogen-bond acceptors (Lipinski definition) is 24. The van der Waals surface area contributed by atoms with Crippen molar-refractivity contribution in [3.63, 3.8) is 0 Å². The fourth-order valence-corrected chi connectivity index (χ4v) is 7.56. The molecule has 0 atom stereocenters. The van der Waals surface area contributed by atoms with Crippen LogP contribution in [0.2, 0.25) is 0 Å². The van der Waals surface area contributed by atoms with Crippen LogP contribution >= 0.6 is 0 Å². The Hall–Kier alpha value is -3.88. The first-order chi connectivity index (χ1) is 32.5. The molecule has 2 aromatic heterocycles. The van der Waals surface area contributed by atoms with E-state index >= 15 is 0 Å². The molecule has 24 nitrogen and oxygen atoms in total. The van der Waals surface area contributed by atoms with E-state index in [0.29, 0.717) is 11.4 Å². The fraction of sp³-hybridized carbons (Fsp3) is 0.190. The number of carbonyl (C=O) groups is 2. The van der Waals surface area contributed by atoms with Crippen molar-refractivity contribution < 1.29 is 173 Å². The smallest absolute Gasteiger partial charge is 0.744 e. The van der Waals surface area contributed by atoms with Crippen LogP contribution in [0.3, 0.4) is 0 Å². The van der Waals surface area contributed by atoms with Crippen molar-refractivity contribution >= 4 is 103 Å². The molecule has 2 heterocycles. The number of benzene rings is 4. The number of anilines is 10. The van der Waals surface area contributed by atoms with E-state index in [2.05, 4.69) is 51.2 Å². The van der Waals surface area contributed by atoms with E-state index in [-0.39, 0.29) is 203 Å². The predicted octanol–water partition coefficient (Wildman–Crippen LogP) is -10.6. The van der Waals surface area contributed by atoms with Crippen molar-refractivity contribution in [1.82, 2.24) is 29.9 Å². The Labute approximate surface area is 502 Å². The second-order valence-electron chi connectivity index (χ2n) is 14.0. The standard InChI is InChI=1S/C42H44N12O12S2.4Na/c1-65-21-19-43-37-47-39(51-41(49-37)53(25-35(55)56)31-9-5-3-6-10-31)45-29-17-15-27(33(23-29)67(59,60)61)13-14-28-16-18-30(24-34(28)68(62,63)64)46-40-48-38(44-20-22-66-2)50-42(52-40)54(26-36(57)58)32-11-7-4-8-12-32;;;;/h3-18,23-24H,19-22,25-26H2,1-2H3,(H,55,56)(H,57,58)(H,59,60,61)(H,62,63,64)(H2,43,45,47,49,51)(H2,44,46,48,50,52);;;;/q;4*+1/p-4/b14-13+;;;;. The van der Waals surface area contributed by atoms with Crippen LogP contribution in [0.1, 0.15) is 11.1 Å². The zero-order valence-corrected chi connectivity index (χ0v) is 49.6. The summed E-state index contributed by atoms with van der Waals surface area (Å²) in [5, 5.41) is 35.0. The monoisotopic (exact) mass is 1060 g/mol. The Balaban J connectivity index is 0.00000444. The van der Waals surface area contributed by atoms with Crippen LogP contribution in [0, 0.1) is 0 Å². The van der Waals surface area contributed by atoms with Gasteiger partial charge in [0.2, 0.25) is 35.7 Å². The number of aliphatic carboxylic acids is 2. The first kappa shape index (κ1) is 64.2. The third kappa shape index (κ3) is 19.1. The average Bonchev–Trinajstić information content (AvgIpc) is 3.29. The van der Waals surface area contributed by atoms with Gasteiger partial charge in [0.05, 0.1) is 48.0 Å². The summed E-state index contributed by atoms with van der Waals surface area (Å²) in [6, 6.07) is 23.7. The third-order valence-corrected chi connectivity index (χ3v) is 10.9. The molecule has 0 saturated heterocycles. The van der Waals surface area contributed by atoms with E-state index in [1.54, 1.807) is 60.7 Å². The van der Waals surface area contributed by atoms with Crippen LogP contribution < -0.4 is 160 Å². The number of aromatic nitrogens is 6. The molecule has 0 aliphatic rings. The van der Waals surface area contributed by atoms with Crippen LogP contribution in [-0.2, 0) is 39.3 Å². The van der Waals surface area contributed by atoms with Gasteiger partial charge in [0.25, 0.3) is 0 Å². The zero-order chi connectivity index (χ0) is 48.8. The largest absolute Gasteiger partial charge is 1.00 e. The van der Waals surface area contributed by atoms with Gasteiger partial charge in [-0.15, -0.1) is 0 Å². The van der Waals surface area contributed by atoms with Crippen molar-refractivity contribution in [2.45, 2.75) is 9.79 Å². The van der Waals surface area contributed by atoms with Crippen molar-refractivity contribution in [1.29, 1.82) is 0 Å². The summed E-state index contributed by atoms with van der Waals surface area (Å²) in [5.74, 6) is -3.58. The topological polar surface area (TPSA) is 345 Å². The Morgan fingerprint density at radius 3 is 1.21 bits per heavy atom. The quantitative estimate of drug-likeness (QED) is 0.0189. The van der Waals surface area contributed by atoms with E-state index in [9.17, 15) is 45.7 Å². The maximum absolute atomic E-state index is 12.6. The second kappa shape index (κ2) is 30.5. The molecule has 0 fully saturated rings. The zero-order valence-electron chi connectivity index (χ0n) is 39.9. The van der Waals surface area contributed by atoms with Gasteiger partial charge in [0, 0.05) is 50.1 Å². The number of nitrogens with zero attached hydrogens (tertiary/aromatic N) is 8. The molecule has 0 amide bonds. The van der Waals surface area contributed by atoms with Crippen molar-refractivity contribution in [3.8, 4) is 0 Å². The Morgan fingerprint density at radius 1 is 0.542 bits per heavy atom. The molecule has 0 spiro atoms. The molecule has 0 bridgehead atoms. The number of methoxy groups -OCH3 is 2. The summed E-state index contributed by atoms with van der Waals surface area (Å²) in [6.07, 6.45) is 2.24. The minimum absolute atomic E-state index is 0. The molecule has 6 aromatic rings. The number of para-hydroxylation sites is 2. The molecule has 0 aliphatic heterocycles. The van der Waals surface area contributed by atoms with E-state index in [1.807, 2.05) is 0 Å². The number of ether oxygens (including phenoxy) is 2. The molecule has 6 rings (SSSR count). The van der Waals surface area contributed by atoms with Crippen LogP contribution in [0.4, 0.5) is 58.4 Å². The number of carboxylic acid groups (broad SMARTS) is 2. The maximum Gasteiger partial charge on any atom is 1.00 e. The van der Waals surface area contributed by atoms with Gasteiger partial charge in [-0.2, -0.15) is 29.9 Å². The van der Waals surface area contributed by atoms with Crippen LogP contribution in [0.5, 0.6) is 0 Å². The summed E-state index contributed by atoms with van der Waals surface area (Å²) in [5.41, 5.74) is 0.376. The maximum atomic E-state index is 12.6. The van der Waals surface area contributed by atoms with E-state index < -0.39 is 55.1 Å². The van der Waals surface area contributed by atoms with E-state index in [1.165, 1.54) is 48.3 Å². The molecule has 0 radical (unpaired) electrons. The number of carbonyl (C=O) groups excluding carboxylic acids is 2. The van der Waals surface area contributed by atoms with Crippen LogP contribution in [0.15, 0.2) is 107 Å².